The summed E-state index contributed by atoms with van der Waals surface area (Å²) < 4.78 is 8.72. The maximum Gasteiger partial charge on any atom is 0.164 e. The SMILES string of the molecule is c1ccc(-c2nc(-c3cccc(-n4c5ccccc5c5ccccc54)c3)nc(-c3ccc(-c4nc5c6ccccc6oc5c5ccccc45)c4ccccc34)n2)cc1. The monoisotopic (exact) mass is 741 g/mol. The largest absolute Gasteiger partial charge is 0.454 e. The molecule has 0 fully saturated rings. The minimum Gasteiger partial charge on any atom is -0.454 e. The second-order valence-corrected chi connectivity index (χ2v) is 14.6. The lowest BCUT2D eigenvalue weighted by atomic mass is 9.94. The van der Waals surface area contributed by atoms with Gasteiger partial charge in [-0.05, 0) is 53.2 Å². The van der Waals surface area contributed by atoms with E-state index in [0.29, 0.717) is 17.5 Å². The lowest BCUT2D eigenvalue weighted by Crippen LogP contribution is -2.01. The molecule has 0 radical (unpaired) electrons. The highest BCUT2D eigenvalue weighted by Crippen LogP contribution is 2.41. The van der Waals surface area contributed by atoms with Crippen molar-refractivity contribution in [2.45, 2.75) is 0 Å². The van der Waals surface area contributed by atoms with Gasteiger partial charge in [-0.15, -0.1) is 0 Å². The molecule has 12 aromatic rings. The van der Waals surface area contributed by atoms with E-state index in [-0.39, 0.29) is 0 Å². The minimum atomic E-state index is 0.600. The van der Waals surface area contributed by atoms with Gasteiger partial charge >= 0.3 is 0 Å². The fraction of sp³-hybridized carbons (Fsp3) is 0. The van der Waals surface area contributed by atoms with Crippen LogP contribution in [0.5, 0.6) is 0 Å². The Morgan fingerprint density at radius 1 is 0.362 bits per heavy atom. The van der Waals surface area contributed by atoms with Crippen LogP contribution >= 0.6 is 0 Å². The van der Waals surface area contributed by atoms with Crippen molar-refractivity contribution in [2.24, 2.45) is 0 Å². The third kappa shape index (κ3) is 4.98. The third-order valence-corrected chi connectivity index (χ3v) is 11.2. The van der Waals surface area contributed by atoms with Gasteiger partial charge in [-0.3, -0.25) is 0 Å². The summed E-state index contributed by atoms with van der Waals surface area (Å²) in [5.41, 5.74) is 10.5. The molecule has 0 N–H and O–H groups in total. The summed E-state index contributed by atoms with van der Waals surface area (Å²) in [5, 5.41) is 7.58. The predicted octanol–water partition coefficient (Wildman–Crippen LogP) is 13.2. The number of nitrogens with zero attached hydrogens (tertiary/aromatic N) is 5. The fourth-order valence-electron chi connectivity index (χ4n) is 8.62. The van der Waals surface area contributed by atoms with Gasteiger partial charge in [0.2, 0.25) is 0 Å². The molecule has 0 spiro atoms. The Hall–Kier alpha value is -7.96. The molecule has 6 nitrogen and oxygen atoms in total. The average molecular weight is 742 g/mol. The smallest absolute Gasteiger partial charge is 0.164 e. The topological polar surface area (TPSA) is 69.6 Å². The van der Waals surface area contributed by atoms with Crippen molar-refractivity contribution in [1.29, 1.82) is 0 Å². The highest BCUT2D eigenvalue weighted by Gasteiger charge is 2.21. The number of hydrogen-bond donors (Lipinski definition) is 0. The normalized spacial score (nSPS) is 11.8. The average Bonchev–Trinajstić information content (AvgIpc) is 3.85. The van der Waals surface area contributed by atoms with Crippen LogP contribution in [0.15, 0.2) is 192 Å². The van der Waals surface area contributed by atoms with E-state index in [1.54, 1.807) is 0 Å². The summed E-state index contributed by atoms with van der Waals surface area (Å²) in [6.07, 6.45) is 0. The molecule has 0 aliphatic carbocycles. The molecule has 4 heterocycles. The summed E-state index contributed by atoms with van der Waals surface area (Å²) in [7, 11) is 0. The van der Waals surface area contributed by atoms with Crippen LogP contribution in [-0.2, 0) is 0 Å². The minimum absolute atomic E-state index is 0.600. The molecule has 12 rings (SSSR count). The van der Waals surface area contributed by atoms with Gasteiger partial charge in [-0.1, -0.05) is 146 Å². The van der Waals surface area contributed by atoms with Crippen molar-refractivity contribution < 1.29 is 4.42 Å². The van der Waals surface area contributed by atoms with E-state index in [1.165, 1.54) is 10.8 Å². The molecule has 270 valence electrons. The number of pyridine rings is 1. The van der Waals surface area contributed by atoms with Gasteiger partial charge < -0.3 is 8.98 Å². The molecule has 58 heavy (non-hydrogen) atoms. The summed E-state index contributed by atoms with van der Waals surface area (Å²) in [4.78, 5) is 20.9. The maximum atomic E-state index is 6.40. The molecular formula is C52H31N5O. The number of benzene rings is 8. The molecule has 6 heteroatoms. The first kappa shape index (κ1) is 32.3. The zero-order chi connectivity index (χ0) is 38.2. The van der Waals surface area contributed by atoms with Gasteiger partial charge in [0, 0.05) is 54.9 Å². The van der Waals surface area contributed by atoms with E-state index in [4.69, 9.17) is 24.4 Å². The summed E-state index contributed by atoms with van der Waals surface area (Å²) >= 11 is 0. The van der Waals surface area contributed by atoms with E-state index in [1.807, 2.05) is 48.5 Å². The van der Waals surface area contributed by atoms with Crippen LogP contribution in [0, 0.1) is 0 Å². The number of rotatable bonds is 5. The van der Waals surface area contributed by atoms with Crippen molar-refractivity contribution in [1.82, 2.24) is 24.5 Å². The zero-order valence-electron chi connectivity index (χ0n) is 31.0. The van der Waals surface area contributed by atoms with Crippen molar-refractivity contribution in [2.75, 3.05) is 0 Å². The molecular weight excluding hydrogens is 711 g/mol. The van der Waals surface area contributed by atoms with Gasteiger partial charge in [0.15, 0.2) is 23.1 Å². The Bertz CT molecular complexity index is 3530. The van der Waals surface area contributed by atoms with Gasteiger partial charge in [0.05, 0.1) is 16.7 Å². The van der Waals surface area contributed by atoms with E-state index in [2.05, 4.69) is 144 Å². The molecule has 0 aliphatic rings. The van der Waals surface area contributed by atoms with Gasteiger partial charge in [-0.25, -0.2) is 19.9 Å². The maximum absolute atomic E-state index is 6.40. The van der Waals surface area contributed by atoms with E-state index < -0.39 is 0 Å². The van der Waals surface area contributed by atoms with Gasteiger partial charge in [0.25, 0.3) is 0 Å². The van der Waals surface area contributed by atoms with Crippen molar-refractivity contribution in [3.05, 3.63) is 188 Å². The Balaban J connectivity index is 1.06. The standard InChI is InChI=1S/C52H31N5O/c1-2-15-32(16-3-1)50-54-51(33-17-14-18-34(31-33)57-44-26-11-8-21-37(44)38-22-9-12-27-45(38)57)56-52(55-50)42-30-29-40(35-19-4-5-20-36(35)42)47-39-23-6-7-24-41(39)49-48(53-47)43-25-10-13-28-46(43)58-49/h1-31H. The summed E-state index contributed by atoms with van der Waals surface area (Å²) in [5.74, 6) is 1.81. The highest BCUT2D eigenvalue weighted by molar-refractivity contribution is 6.18. The first-order valence-electron chi connectivity index (χ1n) is 19.4. The Morgan fingerprint density at radius 2 is 0.897 bits per heavy atom. The first-order valence-corrected chi connectivity index (χ1v) is 19.4. The lowest BCUT2D eigenvalue weighted by molar-refractivity contribution is 0.672. The van der Waals surface area contributed by atoms with Crippen LogP contribution in [0.25, 0.3) is 117 Å². The number of para-hydroxylation sites is 3. The van der Waals surface area contributed by atoms with Crippen molar-refractivity contribution in [3.8, 4) is 51.1 Å². The third-order valence-electron chi connectivity index (χ3n) is 11.2. The Labute approximate surface area is 332 Å². The molecule has 0 aliphatic heterocycles. The van der Waals surface area contributed by atoms with Gasteiger partial charge in [-0.2, -0.15) is 0 Å². The zero-order valence-corrected chi connectivity index (χ0v) is 31.0. The molecule has 8 aromatic carbocycles. The number of furan rings is 1. The van der Waals surface area contributed by atoms with Crippen LogP contribution in [0.3, 0.4) is 0 Å². The number of aromatic nitrogens is 5. The molecule has 0 saturated carbocycles. The quantitative estimate of drug-likeness (QED) is 0.176. The molecule has 0 atom stereocenters. The molecule has 4 aromatic heterocycles. The predicted molar refractivity (Wildman–Crippen MR) is 236 cm³/mol. The second kappa shape index (κ2) is 12.8. The van der Waals surface area contributed by atoms with Gasteiger partial charge in [0.1, 0.15) is 11.1 Å². The summed E-state index contributed by atoms with van der Waals surface area (Å²) in [6.45, 7) is 0. The molecule has 0 saturated heterocycles. The van der Waals surface area contributed by atoms with E-state index >= 15 is 0 Å². The van der Waals surface area contributed by atoms with Crippen LogP contribution in [0.2, 0.25) is 0 Å². The summed E-state index contributed by atoms with van der Waals surface area (Å²) in [6, 6.07) is 65.0. The molecule has 0 unspecified atom stereocenters. The number of fused-ring (bicyclic) bond motifs is 9. The number of hydrogen-bond acceptors (Lipinski definition) is 5. The van der Waals surface area contributed by atoms with Crippen molar-refractivity contribution >= 4 is 65.4 Å². The van der Waals surface area contributed by atoms with E-state index in [0.717, 1.165) is 88.3 Å². The van der Waals surface area contributed by atoms with Crippen LogP contribution in [0.1, 0.15) is 0 Å². The van der Waals surface area contributed by atoms with Crippen molar-refractivity contribution in [3.63, 3.8) is 0 Å². The fourth-order valence-corrected chi connectivity index (χ4v) is 8.62. The molecule has 0 amide bonds. The lowest BCUT2D eigenvalue weighted by Gasteiger charge is -2.14. The van der Waals surface area contributed by atoms with Crippen LogP contribution in [-0.4, -0.2) is 24.5 Å². The first-order chi connectivity index (χ1) is 28.8. The Morgan fingerprint density at radius 3 is 1.64 bits per heavy atom. The second-order valence-electron chi connectivity index (χ2n) is 14.6. The van der Waals surface area contributed by atoms with Crippen LogP contribution < -0.4 is 0 Å². The molecule has 0 bridgehead atoms. The van der Waals surface area contributed by atoms with E-state index in [9.17, 15) is 0 Å². The Kier molecular flexibility index (Phi) is 7.13. The highest BCUT2D eigenvalue weighted by atomic mass is 16.3. The van der Waals surface area contributed by atoms with Crippen LogP contribution in [0.4, 0.5) is 0 Å².